The van der Waals surface area contributed by atoms with Gasteiger partial charge in [-0.3, -0.25) is 0 Å². The molecule has 90 valence electrons. The minimum atomic E-state index is -0.325. The molecule has 1 aromatic rings. The number of hydrogen-bond acceptors (Lipinski definition) is 1. The van der Waals surface area contributed by atoms with Crippen molar-refractivity contribution in [2.24, 2.45) is 5.92 Å². The summed E-state index contributed by atoms with van der Waals surface area (Å²) < 4.78 is 0. The molecule has 1 rings (SSSR count). The van der Waals surface area contributed by atoms with Gasteiger partial charge in [0, 0.05) is 0 Å². The Balaban J connectivity index is 2.79. The van der Waals surface area contributed by atoms with E-state index in [-0.39, 0.29) is 11.5 Å². The van der Waals surface area contributed by atoms with Crippen LogP contribution in [0.4, 0.5) is 0 Å². The summed E-state index contributed by atoms with van der Waals surface area (Å²) in [4.78, 5) is 0. The van der Waals surface area contributed by atoms with Crippen molar-refractivity contribution in [2.45, 2.75) is 52.6 Å². The first-order chi connectivity index (χ1) is 7.30. The van der Waals surface area contributed by atoms with Crippen LogP contribution >= 0.6 is 0 Å². The van der Waals surface area contributed by atoms with Crippen LogP contribution in [0.5, 0.6) is 0 Å². The molecule has 0 amide bonds. The van der Waals surface area contributed by atoms with E-state index in [1.165, 1.54) is 5.56 Å². The van der Waals surface area contributed by atoms with Crippen LogP contribution in [-0.2, 0) is 5.41 Å². The van der Waals surface area contributed by atoms with Crippen LogP contribution in [0.2, 0.25) is 0 Å². The number of aliphatic hydroxyl groups is 1. The number of benzene rings is 1. The predicted molar refractivity (Wildman–Crippen MR) is 69.6 cm³/mol. The Bertz CT molecular complexity index is 316. The molecule has 0 bridgehead atoms. The highest BCUT2D eigenvalue weighted by molar-refractivity contribution is 5.28. The van der Waals surface area contributed by atoms with Crippen molar-refractivity contribution in [3.05, 3.63) is 35.4 Å². The summed E-state index contributed by atoms with van der Waals surface area (Å²) in [5, 5.41) is 9.98. The van der Waals surface area contributed by atoms with Crippen molar-refractivity contribution in [3.8, 4) is 0 Å². The van der Waals surface area contributed by atoms with Crippen molar-refractivity contribution in [3.63, 3.8) is 0 Å². The lowest BCUT2D eigenvalue weighted by molar-refractivity contribution is 0.151. The van der Waals surface area contributed by atoms with Crippen molar-refractivity contribution in [1.29, 1.82) is 0 Å². The average molecular weight is 220 g/mol. The van der Waals surface area contributed by atoms with Crippen molar-refractivity contribution >= 4 is 0 Å². The van der Waals surface area contributed by atoms with Gasteiger partial charge < -0.3 is 5.11 Å². The summed E-state index contributed by atoms with van der Waals surface area (Å²) in [5.74, 6) is 0.525. The molecule has 0 radical (unpaired) electrons. The predicted octanol–water partition coefficient (Wildman–Crippen LogP) is 4.06. The second-order valence-corrected chi connectivity index (χ2v) is 6.02. The molecule has 0 saturated carbocycles. The minimum absolute atomic E-state index is 0.182. The molecule has 0 fully saturated rings. The van der Waals surface area contributed by atoms with E-state index in [2.05, 4.69) is 46.8 Å². The normalized spacial score (nSPS) is 14.2. The van der Waals surface area contributed by atoms with Crippen LogP contribution in [0.3, 0.4) is 0 Å². The quantitative estimate of drug-likeness (QED) is 0.814. The number of rotatable bonds is 3. The Morgan fingerprint density at radius 3 is 1.94 bits per heavy atom. The molecule has 1 heteroatoms. The van der Waals surface area contributed by atoms with Crippen molar-refractivity contribution < 1.29 is 5.11 Å². The fraction of sp³-hybridized carbons (Fsp3) is 0.600. The van der Waals surface area contributed by atoms with Crippen molar-refractivity contribution in [2.75, 3.05) is 0 Å². The van der Waals surface area contributed by atoms with E-state index in [1.807, 2.05) is 12.1 Å². The molecule has 1 unspecified atom stereocenters. The zero-order chi connectivity index (χ0) is 12.3. The minimum Gasteiger partial charge on any atom is -0.388 e. The Hall–Kier alpha value is -0.820. The lowest BCUT2D eigenvalue weighted by atomic mass is 9.86. The van der Waals surface area contributed by atoms with Gasteiger partial charge in [0.2, 0.25) is 0 Å². The van der Waals surface area contributed by atoms with E-state index in [1.54, 1.807) is 0 Å². The maximum Gasteiger partial charge on any atom is 0.0792 e. The van der Waals surface area contributed by atoms with Crippen LogP contribution in [-0.4, -0.2) is 5.11 Å². The van der Waals surface area contributed by atoms with E-state index in [0.29, 0.717) is 5.92 Å². The third kappa shape index (κ3) is 3.64. The molecular formula is C15H24O. The van der Waals surface area contributed by atoms with E-state index in [4.69, 9.17) is 0 Å². The lowest BCUT2D eigenvalue weighted by Gasteiger charge is -2.20. The highest BCUT2D eigenvalue weighted by atomic mass is 16.3. The summed E-state index contributed by atoms with van der Waals surface area (Å²) in [6, 6.07) is 8.35. The monoisotopic (exact) mass is 220 g/mol. The summed E-state index contributed by atoms with van der Waals surface area (Å²) >= 11 is 0. The van der Waals surface area contributed by atoms with Crippen LogP contribution in [0.15, 0.2) is 24.3 Å². The highest BCUT2D eigenvalue weighted by Crippen LogP contribution is 2.26. The Morgan fingerprint density at radius 1 is 1.06 bits per heavy atom. The largest absolute Gasteiger partial charge is 0.388 e. The Labute approximate surface area is 99.5 Å². The summed E-state index contributed by atoms with van der Waals surface area (Å²) in [6.45, 7) is 10.9. The van der Waals surface area contributed by atoms with Crippen LogP contribution in [0.25, 0.3) is 0 Å². The zero-order valence-corrected chi connectivity index (χ0v) is 11.1. The van der Waals surface area contributed by atoms with Gasteiger partial charge >= 0.3 is 0 Å². The topological polar surface area (TPSA) is 20.2 Å². The van der Waals surface area contributed by atoms with Gasteiger partial charge in [0.1, 0.15) is 0 Å². The average Bonchev–Trinajstić information content (AvgIpc) is 2.15. The van der Waals surface area contributed by atoms with Crippen LogP contribution < -0.4 is 0 Å². The molecule has 0 aromatic heterocycles. The lowest BCUT2D eigenvalue weighted by Crippen LogP contribution is -2.11. The van der Waals surface area contributed by atoms with Gasteiger partial charge in [0.05, 0.1) is 6.10 Å². The SMILES string of the molecule is CC(C)CC(O)c1ccc(C(C)(C)C)cc1. The first-order valence-electron chi connectivity index (χ1n) is 6.09. The molecule has 0 saturated heterocycles. The molecule has 1 aromatic carbocycles. The molecular weight excluding hydrogens is 196 g/mol. The van der Waals surface area contributed by atoms with E-state index in [0.717, 1.165) is 12.0 Å². The van der Waals surface area contributed by atoms with Gasteiger partial charge in [0.15, 0.2) is 0 Å². The number of hydrogen-bond donors (Lipinski definition) is 1. The first-order valence-corrected chi connectivity index (χ1v) is 6.09. The molecule has 0 heterocycles. The Morgan fingerprint density at radius 2 is 1.56 bits per heavy atom. The summed E-state index contributed by atoms with van der Waals surface area (Å²) in [5.41, 5.74) is 2.52. The second-order valence-electron chi connectivity index (χ2n) is 6.02. The molecule has 16 heavy (non-hydrogen) atoms. The van der Waals surface area contributed by atoms with Crippen LogP contribution in [0, 0.1) is 5.92 Å². The van der Waals surface area contributed by atoms with Gasteiger partial charge in [0.25, 0.3) is 0 Å². The van der Waals surface area contributed by atoms with Crippen molar-refractivity contribution in [1.82, 2.24) is 0 Å². The standard InChI is InChI=1S/C15H24O/c1-11(2)10-14(16)12-6-8-13(9-7-12)15(3,4)5/h6-9,11,14,16H,10H2,1-5H3. The van der Waals surface area contributed by atoms with Gasteiger partial charge in [-0.25, -0.2) is 0 Å². The zero-order valence-electron chi connectivity index (χ0n) is 11.1. The Kier molecular flexibility index (Phi) is 4.15. The molecule has 0 spiro atoms. The highest BCUT2D eigenvalue weighted by Gasteiger charge is 2.14. The van der Waals surface area contributed by atoms with Gasteiger partial charge in [-0.2, -0.15) is 0 Å². The second kappa shape index (κ2) is 5.01. The molecule has 1 N–H and O–H groups in total. The maximum absolute atomic E-state index is 9.98. The summed E-state index contributed by atoms with van der Waals surface area (Å²) in [6.07, 6.45) is 0.503. The number of aliphatic hydroxyl groups excluding tert-OH is 1. The third-order valence-electron chi connectivity index (χ3n) is 2.86. The molecule has 0 aliphatic heterocycles. The van der Waals surface area contributed by atoms with Crippen LogP contribution in [0.1, 0.15) is 58.3 Å². The fourth-order valence-corrected chi connectivity index (χ4v) is 1.79. The molecule has 0 aliphatic rings. The maximum atomic E-state index is 9.98. The third-order valence-corrected chi connectivity index (χ3v) is 2.86. The molecule has 1 atom stereocenters. The van der Waals surface area contributed by atoms with Gasteiger partial charge in [-0.1, -0.05) is 58.9 Å². The smallest absolute Gasteiger partial charge is 0.0792 e. The van der Waals surface area contributed by atoms with E-state index >= 15 is 0 Å². The summed E-state index contributed by atoms with van der Waals surface area (Å²) in [7, 11) is 0. The van der Waals surface area contributed by atoms with E-state index in [9.17, 15) is 5.11 Å². The molecule has 0 aliphatic carbocycles. The van der Waals surface area contributed by atoms with E-state index < -0.39 is 0 Å². The first kappa shape index (κ1) is 13.2. The van der Waals surface area contributed by atoms with Gasteiger partial charge in [-0.15, -0.1) is 0 Å². The molecule has 1 nitrogen and oxygen atoms in total. The fourth-order valence-electron chi connectivity index (χ4n) is 1.79. The van der Waals surface area contributed by atoms with Gasteiger partial charge in [-0.05, 0) is 28.9 Å².